The third-order valence-electron chi connectivity index (χ3n) is 6.09. The van der Waals surface area contributed by atoms with Crippen LogP contribution in [0.2, 0.25) is 0 Å². The minimum Gasteiger partial charge on any atom is -0.345 e. The molecule has 3 atom stereocenters. The van der Waals surface area contributed by atoms with Crippen LogP contribution in [0, 0.1) is 5.92 Å². The molecule has 1 saturated heterocycles. The molecular formula is C18H22F2N6O2S. The number of halogens is 2. The summed E-state index contributed by atoms with van der Waals surface area (Å²) >= 11 is 0. The first-order valence-corrected chi connectivity index (χ1v) is 11.1. The van der Waals surface area contributed by atoms with Gasteiger partial charge in [-0.1, -0.05) is 6.92 Å². The van der Waals surface area contributed by atoms with Gasteiger partial charge in [-0.25, -0.2) is 18.7 Å². The van der Waals surface area contributed by atoms with Gasteiger partial charge >= 0.3 is 0 Å². The van der Waals surface area contributed by atoms with Gasteiger partial charge in [0.15, 0.2) is 5.65 Å². The van der Waals surface area contributed by atoms with Gasteiger partial charge in [0.25, 0.3) is 16.1 Å². The van der Waals surface area contributed by atoms with E-state index in [0.717, 1.165) is 26.8 Å². The number of fused-ring (bicyclic) bond motifs is 3. The van der Waals surface area contributed by atoms with Gasteiger partial charge in [-0.15, -0.1) is 0 Å². The van der Waals surface area contributed by atoms with Gasteiger partial charge in [0.1, 0.15) is 5.82 Å². The molecule has 0 aromatic carbocycles. The summed E-state index contributed by atoms with van der Waals surface area (Å²) in [7, 11) is -3.94. The zero-order chi connectivity index (χ0) is 20.4. The van der Waals surface area contributed by atoms with Gasteiger partial charge in [-0.05, 0) is 24.8 Å². The molecule has 0 amide bonds. The number of hydrogen-bond acceptors (Lipinski definition) is 4. The van der Waals surface area contributed by atoms with E-state index in [2.05, 4.69) is 31.0 Å². The highest BCUT2D eigenvalue weighted by atomic mass is 32.2. The molecule has 156 valence electrons. The van der Waals surface area contributed by atoms with Gasteiger partial charge in [0.05, 0.1) is 30.0 Å². The van der Waals surface area contributed by atoms with Crippen LogP contribution < -0.4 is 4.72 Å². The number of aromatic nitrogens is 4. The lowest BCUT2D eigenvalue weighted by Crippen LogP contribution is -2.44. The van der Waals surface area contributed by atoms with Crippen molar-refractivity contribution in [2.75, 3.05) is 13.1 Å². The van der Waals surface area contributed by atoms with Gasteiger partial charge in [0, 0.05) is 31.1 Å². The van der Waals surface area contributed by atoms with Crippen molar-refractivity contribution in [2.24, 2.45) is 5.92 Å². The number of aromatic amines is 1. The van der Waals surface area contributed by atoms with E-state index in [0.29, 0.717) is 12.8 Å². The zero-order valence-corrected chi connectivity index (χ0v) is 16.7. The highest BCUT2D eigenvalue weighted by Crippen LogP contribution is 2.40. The molecule has 8 nitrogen and oxygen atoms in total. The van der Waals surface area contributed by atoms with Gasteiger partial charge in [0.2, 0.25) is 0 Å². The van der Waals surface area contributed by atoms with Gasteiger partial charge in [-0.3, -0.25) is 4.40 Å². The van der Waals surface area contributed by atoms with Crippen molar-refractivity contribution in [1.82, 2.24) is 28.4 Å². The van der Waals surface area contributed by atoms with Crippen LogP contribution in [0.25, 0.3) is 16.7 Å². The molecule has 3 aromatic heterocycles. The Morgan fingerprint density at radius 2 is 2.07 bits per heavy atom. The molecule has 1 aliphatic heterocycles. The Morgan fingerprint density at radius 3 is 2.83 bits per heavy atom. The van der Waals surface area contributed by atoms with Crippen LogP contribution in [0.3, 0.4) is 0 Å². The molecule has 11 heteroatoms. The van der Waals surface area contributed by atoms with Crippen LogP contribution in [0.1, 0.15) is 37.9 Å². The van der Waals surface area contributed by atoms with Crippen molar-refractivity contribution in [3.63, 3.8) is 0 Å². The molecule has 1 aliphatic carbocycles. The van der Waals surface area contributed by atoms with Crippen molar-refractivity contribution in [3.05, 3.63) is 30.5 Å². The first-order valence-electron chi connectivity index (χ1n) is 9.68. The van der Waals surface area contributed by atoms with Gasteiger partial charge in [-0.2, -0.15) is 17.4 Å². The largest absolute Gasteiger partial charge is 0.345 e. The van der Waals surface area contributed by atoms with Crippen molar-refractivity contribution >= 4 is 26.9 Å². The maximum atomic E-state index is 13.4. The van der Waals surface area contributed by atoms with E-state index in [1.165, 1.54) is 0 Å². The summed E-state index contributed by atoms with van der Waals surface area (Å²) in [4.78, 5) is 12.1. The fourth-order valence-electron chi connectivity index (χ4n) is 4.66. The number of nitrogens with one attached hydrogen (secondary N) is 2. The third-order valence-corrected chi connectivity index (χ3v) is 7.71. The van der Waals surface area contributed by atoms with E-state index < -0.39 is 29.1 Å². The minimum absolute atomic E-state index is 0.0470. The van der Waals surface area contributed by atoms with E-state index in [1.54, 1.807) is 12.4 Å². The molecule has 0 unspecified atom stereocenters. The zero-order valence-electron chi connectivity index (χ0n) is 15.8. The fourth-order valence-corrected chi connectivity index (χ4v) is 6.11. The van der Waals surface area contributed by atoms with Crippen LogP contribution in [-0.4, -0.2) is 57.1 Å². The molecule has 29 heavy (non-hydrogen) atoms. The summed E-state index contributed by atoms with van der Waals surface area (Å²) in [5.74, 6) is -1.85. The smallest absolute Gasteiger partial charge is 0.279 e. The second kappa shape index (κ2) is 6.44. The van der Waals surface area contributed by atoms with Crippen LogP contribution in [-0.2, 0) is 10.2 Å². The molecule has 2 N–H and O–H groups in total. The number of nitrogens with zero attached hydrogens (tertiary/aromatic N) is 4. The lowest BCUT2D eigenvalue weighted by molar-refractivity contribution is 0.0182. The SMILES string of the molecule is C[C@H]1C[C@H](NS(=O)(=O)N2CCC(F)(F)C2)C[C@@H]1c1ncc2cnc3[nH]ccc3n12. The van der Waals surface area contributed by atoms with E-state index >= 15 is 0 Å². The molecule has 3 aromatic rings. The van der Waals surface area contributed by atoms with Crippen LogP contribution in [0.15, 0.2) is 24.7 Å². The summed E-state index contributed by atoms with van der Waals surface area (Å²) in [5, 5.41) is 0. The monoisotopic (exact) mass is 424 g/mol. The molecule has 2 fully saturated rings. The lowest BCUT2D eigenvalue weighted by atomic mass is 9.97. The predicted octanol–water partition coefficient (Wildman–Crippen LogP) is 2.27. The Kier molecular flexibility index (Phi) is 4.20. The quantitative estimate of drug-likeness (QED) is 0.672. The normalized spacial score (nSPS) is 28.0. The Bertz CT molecular complexity index is 1170. The molecule has 4 heterocycles. The summed E-state index contributed by atoms with van der Waals surface area (Å²) in [5.41, 5.74) is 2.56. The van der Waals surface area contributed by atoms with E-state index in [9.17, 15) is 17.2 Å². The van der Waals surface area contributed by atoms with Crippen LogP contribution in [0.5, 0.6) is 0 Å². The maximum absolute atomic E-state index is 13.4. The Labute approximate surface area is 166 Å². The molecule has 0 radical (unpaired) electrons. The summed E-state index contributed by atoms with van der Waals surface area (Å²) < 4.78 is 57.6. The van der Waals surface area contributed by atoms with Gasteiger partial charge < -0.3 is 4.98 Å². The molecule has 2 aliphatic rings. The Hall–Kier alpha value is -2.11. The molecule has 0 spiro atoms. The average Bonchev–Trinajstić information content (AvgIpc) is 3.39. The van der Waals surface area contributed by atoms with Crippen molar-refractivity contribution in [3.8, 4) is 0 Å². The van der Waals surface area contributed by atoms with Crippen LogP contribution in [0.4, 0.5) is 8.78 Å². The summed E-state index contributed by atoms with van der Waals surface area (Å²) in [6, 6.07) is 1.62. The number of hydrogen-bond donors (Lipinski definition) is 2. The summed E-state index contributed by atoms with van der Waals surface area (Å²) in [6.07, 6.45) is 6.11. The molecular weight excluding hydrogens is 402 g/mol. The van der Waals surface area contributed by atoms with E-state index in [4.69, 9.17) is 0 Å². The van der Waals surface area contributed by atoms with Crippen LogP contribution >= 0.6 is 0 Å². The highest BCUT2D eigenvalue weighted by molar-refractivity contribution is 7.87. The first kappa shape index (κ1) is 18.9. The standard InChI is InChI=1S/C18H22F2N6O2S/c1-11-6-12(24-29(27,28)25-5-3-18(19,20)10-25)7-14(11)17-23-9-13-8-22-16-15(26(13)17)2-4-21-16/h2,4,8-9,11-12,14,21,24H,3,5-7,10H2,1H3/t11-,12-,14-/m0/s1. The molecule has 1 saturated carbocycles. The predicted molar refractivity (Wildman–Crippen MR) is 103 cm³/mol. The Morgan fingerprint density at radius 1 is 1.28 bits per heavy atom. The van der Waals surface area contributed by atoms with Crippen molar-refractivity contribution in [2.45, 2.75) is 44.1 Å². The lowest BCUT2D eigenvalue weighted by Gasteiger charge is -2.20. The number of alkyl halides is 2. The molecule has 5 rings (SSSR count). The second-order valence-electron chi connectivity index (χ2n) is 8.16. The topological polar surface area (TPSA) is 95.4 Å². The molecule has 0 bridgehead atoms. The van der Waals surface area contributed by atoms with E-state index in [-0.39, 0.29) is 24.4 Å². The van der Waals surface area contributed by atoms with Crippen molar-refractivity contribution in [1.29, 1.82) is 0 Å². The third kappa shape index (κ3) is 3.21. The van der Waals surface area contributed by atoms with Crippen molar-refractivity contribution < 1.29 is 17.2 Å². The fraction of sp³-hybridized carbons (Fsp3) is 0.556. The summed E-state index contributed by atoms with van der Waals surface area (Å²) in [6.45, 7) is 1.16. The van der Waals surface area contributed by atoms with E-state index in [1.807, 2.05) is 12.3 Å². The average molecular weight is 424 g/mol. The number of imidazole rings is 1. The minimum atomic E-state index is -3.94. The first-order chi connectivity index (χ1) is 13.7. The maximum Gasteiger partial charge on any atom is 0.279 e. The Balaban J connectivity index is 1.39. The second-order valence-corrected chi connectivity index (χ2v) is 9.86. The number of rotatable bonds is 4. The highest BCUT2D eigenvalue weighted by Gasteiger charge is 2.45. The number of H-pyrrole nitrogens is 1.